The molecule has 1 unspecified atom stereocenters. The summed E-state index contributed by atoms with van der Waals surface area (Å²) in [7, 11) is 0. The molecule has 1 fully saturated rings. The van der Waals surface area contributed by atoms with Gasteiger partial charge in [0, 0.05) is 19.7 Å². The van der Waals surface area contributed by atoms with Crippen molar-refractivity contribution in [2.24, 2.45) is 0 Å². The van der Waals surface area contributed by atoms with Crippen LogP contribution in [0.25, 0.3) is 0 Å². The zero-order chi connectivity index (χ0) is 15.8. The van der Waals surface area contributed by atoms with Gasteiger partial charge in [0.25, 0.3) is 0 Å². The molecule has 0 saturated carbocycles. The lowest BCUT2D eigenvalue weighted by molar-refractivity contribution is -0.125. The molecule has 0 spiro atoms. The lowest BCUT2D eigenvalue weighted by atomic mass is 10.2. The first-order chi connectivity index (χ1) is 10.7. The molecule has 1 atom stereocenters. The first kappa shape index (κ1) is 16.3. The summed E-state index contributed by atoms with van der Waals surface area (Å²) in [4.78, 5) is 25.7. The van der Waals surface area contributed by atoms with Crippen LogP contribution in [0.15, 0.2) is 30.3 Å². The zero-order valence-corrected chi connectivity index (χ0v) is 12.5. The third-order valence-corrected chi connectivity index (χ3v) is 3.63. The van der Waals surface area contributed by atoms with Gasteiger partial charge in [-0.15, -0.1) is 0 Å². The monoisotopic (exact) mass is 306 g/mol. The second kappa shape index (κ2) is 8.38. The number of carbonyl (C=O) groups excluding carboxylic acids is 2. The summed E-state index contributed by atoms with van der Waals surface area (Å²) in [5.41, 5.74) is 0.916. The van der Waals surface area contributed by atoms with E-state index in [9.17, 15) is 9.59 Å². The molecule has 0 aromatic heterocycles. The highest BCUT2D eigenvalue weighted by Gasteiger charge is 2.34. The molecule has 22 heavy (non-hydrogen) atoms. The first-order valence-corrected chi connectivity index (χ1v) is 7.58. The van der Waals surface area contributed by atoms with Crippen LogP contribution in [0, 0.1) is 0 Å². The van der Waals surface area contributed by atoms with Crippen LogP contribution in [0.5, 0.6) is 0 Å². The standard InChI is InChI=1S/C16H22N2O4/c19-11-5-9-17-15(20)14-8-4-10-18(14)16(21)22-12-13-6-2-1-3-7-13/h1-3,6-7,14,19H,4-5,8-12H2,(H,17,20). The highest BCUT2D eigenvalue weighted by molar-refractivity contribution is 5.86. The Balaban J connectivity index is 1.84. The summed E-state index contributed by atoms with van der Waals surface area (Å²) < 4.78 is 5.29. The van der Waals surface area contributed by atoms with Gasteiger partial charge in [0.2, 0.25) is 5.91 Å². The van der Waals surface area contributed by atoms with Crippen molar-refractivity contribution in [3.63, 3.8) is 0 Å². The van der Waals surface area contributed by atoms with E-state index in [0.717, 1.165) is 12.0 Å². The molecule has 6 heteroatoms. The molecule has 2 N–H and O–H groups in total. The number of ether oxygens (including phenoxy) is 1. The summed E-state index contributed by atoms with van der Waals surface area (Å²) in [5.74, 6) is -0.178. The Kier molecular flexibility index (Phi) is 6.21. The third kappa shape index (κ3) is 4.46. The van der Waals surface area contributed by atoms with E-state index in [1.165, 1.54) is 4.90 Å². The zero-order valence-electron chi connectivity index (χ0n) is 12.5. The summed E-state index contributed by atoms with van der Waals surface area (Å²) >= 11 is 0. The minimum absolute atomic E-state index is 0.0355. The normalized spacial score (nSPS) is 17.3. The van der Waals surface area contributed by atoms with Crippen LogP contribution in [0.1, 0.15) is 24.8 Å². The summed E-state index contributed by atoms with van der Waals surface area (Å²) in [5, 5.41) is 11.5. The Labute approximate surface area is 130 Å². The number of amides is 2. The van der Waals surface area contributed by atoms with Crippen molar-refractivity contribution in [2.45, 2.75) is 31.9 Å². The summed E-state index contributed by atoms with van der Waals surface area (Å²) in [6.45, 7) is 1.19. The first-order valence-electron chi connectivity index (χ1n) is 7.58. The fraction of sp³-hybridized carbons (Fsp3) is 0.500. The number of nitrogens with zero attached hydrogens (tertiary/aromatic N) is 1. The van der Waals surface area contributed by atoms with Crippen molar-refractivity contribution in [1.29, 1.82) is 0 Å². The maximum Gasteiger partial charge on any atom is 0.410 e. The van der Waals surface area contributed by atoms with E-state index in [-0.39, 0.29) is 19.1 Å². The van der Waals surface area contributed by atoms with Crippen LogP contribution in [0.3, 0.4) is 0 Å². The van der Waals surface area contributed by atoms with Crippen LogP contribution in [-0.4, -0.2) is 47.7 Å². The molecule has 0 bridgehead atoms. The quantitative estimate of drug-likeness (QED) is 0.776. The largest absolute Gasteiger partial charge is 0.445 e. The molecule has 2 rings (SSSR count). The maximum atomic E-state index is 12.1. The number of aliphatic hydroxyl groups excluding tert-OH is 1. The van der Waals surface area contributed by atoms with E-state index in [1.54, 1.807) is 0 Å². The fourth-order valence-electron chi connectivity index (χ4n) is 2.47. The number of benzene rings is 1. The van der Waals surface area contributed by atoms with Gasteiger partial charge in [-0.1, -0.05) is 30.3 Å². The highest BCUT2D eigenvalue weighted by Crippen LogP contribution is 2.19. The number of hydrogen-bond acceptors (Lipinski definition) is 4. The number of aliphatic hydroxyl groups is 1. The van der Waals surface area contributed by atoms with Gasteiger partial charge in [-0.25, -0.2) is 4.79 Å². The summed E-state index contributed by atoms with van der Waals surface area (Å²) in [6.07, 6.45) is 1.49. The van der Waals surface area contributed by atoms with E-state index < -0.39 is 12.1 Å². The SMILES string of the molecule is O=C(NCCCO)C1CCCN1C(=O)OCc1ccccc1. The predicted molar refractivity (Wildman–Crippen MR) is 81.1 cm³/mol. The van der Waals surface area contributed by atoms with Crippen molar-refractivity contribution in [1.82, 2.24) is 10.2 Å². The van der Waals surface area contributed by atoms with Gasteiger partial charge in [0.05, 0.1) is 0 Å². The minimum Gasteiger partial charge on any atom is -0.445 e. The van der Waals surface area contributed by atoms with E-state index in [2.05, 4.69) is 5.32 Å². The molecule has 0 aliphatic carbocycles. The van der Waals surface area contributed by atoms with Crippen molar-refractivity contribution < 1.29 is 19.4 Å². The van der Waals surface area contributed by atoms with Crippen LogP contribution in [-0.2, 0) is 16.1 Å². The van der Waals surface area contributed by atoms with Crippen molar-refractivity contribution in [3.8, 4) is 0 Å². The van der Waals surface area contributed by atoms with Gasteiger partial charge in [0.1, 0.15) is 12.6 Å². The van der Waals surface area contributed by atoms with E-state index >= 15 is 0 Å². The lowest BCUT2D eigenvalue weighted by Crippen LogP contribution is -2.46. The molecular formula is C16H22N2O4. The lowest BCUT2D eigenvalue weighted by Gasteiger charge is -2.23. The Morgan fingerprint density at radius 1 is 1.32 bits per heavy atom. The van der Waals surface area contributed by atoms with Crippen molar-refractivity contribution >= 4 is 12.0 Å². The van der Waals surface area contributed by atoms with Gasteiger partial charge in [0.15, 0.2) is 0 Å². The average molecular weight is 306 g/mol. The summed E-state index contributed by atoms with van der Waals surface area (Å²) in [6, 6.07) is 8.97. The molecule has 1 aromatic rings. The Bertz CT molecular complexity index is 492. The number of nitrogens with one attached hydrogen (secondary N) is 1. The van der Waals surface area contributed by atoms with Gasteiger partial charge < -0.3 is 15.2 Å². The van der Waals surface area contributed by atoms with Crippen molar-refractivity contribution in [3.05, 3.63) is 35.9 Å². The van der Waals surface area contributed by atoms with Gasteiger partial charge in [-0.3, -0.25) is 9.69 Å². The molecule has 1 aliphatic rings. The van der Waals surface area contributed by atoms with E-state index in [1.807, 2.05) is 30.3 Å². The van der Waals surface area contributed by atoms with E-state index in [4.69, 9.17) is 9.84 Å². The second-order valence-corrected chi connectivity index (χ2v) is 5.26. The van der Waals surface area contributed by atoms with Gasteiger partial charge >= 0.3 is 6.09 Å². The molecule has 1 aliphatic heterocycles. The van der Waals surface area contributed by atoms with Crippen molar-refractivity contribution in [2.75, 3.05) is 19.7 Å². The van der Waals surface area contributed by atoms with Gasteiger partial charge in [-0.05, 0) is 24.8 Å². The highest BCUT2D eigenvalue weighted by atomic mass is 16.6. The Morgan fingerprint density at radius 3 is 2.82 bits per heavy atom. The van der Waals surface area contributed by atoms with Crippen LogP contribution >= 0.6 is 0 Å². The second-order valence-electron chi connectivity index (χ2n) is 5.26. The van der Waals surface area contributed by atoms with E-state index in [0.29, 0.717) is 25.9 Å². The smallest absolute Gasteiger partial charge is 0.410 e. The fourth-order valence-corrected chi connectivity index (χ4v) is 2.47. The minimum atomic E-state index is -0.470. The average Bonchev–Trinajstić information content (AvgIpc) is 3.03. The molecule has 0 radical (unpaired) electrons. The molecule has 2 amide bonds. The Morgan fingerprint density at radius 2 is 2.09 bits per heavy atom. The molecular weight excluding hydrogens is 284 g/mol. The predicted octanol–water partition coefficient (Wildman–Crippen LogP) is 1.29. The van der Waals surface area contributed by atoms with Gasteiger partial charge in [-0.2, -0.15) is 0 Å². The van der Waals surface area contributed by atoms with Crippen LogP contribution < -0.4 is 5.32 Å². The number of hydrogen-bond donors (Lipinski definition) is 2. The molecule has 1 saturated heterocycles. The number of rotatable bonds is 6. The van der Waals surface area contributed by atoms with Crippen LogP contribution in [0.2, 0.25) is 0 Å². The maximum absolute atomic E-state index is 12.1. The molecule has 1 aromatic carbocycles. The molecule has 6 nitrogen and oxygen atoms in total. The molecule has 120 valence electrons. The third-order valence-electron chi connectivity index (χ3n) is 3.63. The topological polar surface area (TPSA) is 78.9 Å². The number of likely N-dealkylation sites (tertiary alicyclic amines) is 1. The van der Waals surface area contributed by atoms with Crippen LogP contribution in [0.4, 0.5) is 4.79 Å². The molecule has 1 heterocycles. The number of carbonyl (C=O) groups is 2. The Hall–Kier alpha value is -2.08.